The number of H-pyrrole nitrogens is 1. The third-order valence-electron chi connectivity index (χ3n) is 7.86. The fourth-order valence-electron chi connectivity index (χ4n) is 5.06. The van der Waals surface area contributed by atoms with Gasteiger partial charge in [0.25, 0.3) is 0 Å². The first-order valence-electron chi connectivity index (χ1n) is 16.9. The van der Waals surface area contributed by atoms with Gasteiger partial charge < -0.3 is 32.2 Å². The summed E-state index contributed by atoms with van der Waals surface area (Å²) >= 11 is 0. The molecule has 50 heavy (non-hydrogen) atoms. The van der Waals surface area contributed by atoms with Crippen LogP contribution in [0.15, 0.2) is 64.5 Å². The average molecular weight is 699 g/mol. The lowest BCUT2D eigenvalue weighted by molar-refractivity contribution is -0.274. The van der Waals surface area contributed by atoms with E-state index in [0.717, 1.165) is 65.8 Å². The van der Waals surface area contributed by atoms with Gasteiger partial charge in [-0.25, -0.2) is 4.79 Å². The Morgan fingerprint density at radius 1 is 0.980 bits per heavy atom. The average Bonchev–Trinajstić information content (AvgIpc) is 3.41. The van der Waals surface area contributed by atoms with Crippen LogP contribution in [0.5, 0.6) is 5.75 Å². The molecule has 0 fully saturated rings. The first kappa shape index (κ1) is 40.1. The third-order valence-corrected chi connectivity index (χ3v) is 7.86. The number of guanidine groups is 1. The maximum Gasteiger partial charge on any atom is 0.573 e. The van der Waals surface area contributed by atoms with Crippen LogP contribution >= 0.6 is 0 Å². The summed E-state index contributed by atoms with van der Waals surface area (Å²) in [5, 5.41) is 4.27. The summed E-state index contributed by atoms with van der Waals surface area (Å²) in [5.41, 5.74) is 21.0. The summed E-state index contributed by atoms with van der Waals surface area (Å²) in [6.07, 6.45) is 0.419. The van der Waals surface area contributed by atoms with Gasteiger partial charge in [-0.3, -0.25) is 9.56 Å². The molecule has 0 amide bonds. The van der Waals surface area contributed by atoms with Crippen LogP contribution in [-0.4, -0.2) is 46.0 Å². The Balaban J connectivity index is 0.000000286. The summed E-state index contributed by atoms with van der Waals surface area (Å²) in [7, 11) is 0. The summed E-state index contributed by atoms with van der Waals surface area (Å²) < 4.78 is 42.9. The fourth-order valence-corrected chi connectivity index (χ4v) is 5.06. The number of halogens is 3. The number of nitrogens with zero attached hydrogens (tertiary/aromatic N) is 3. The van der Waals surface area contributed by atoms with E-state index in [2.05, 4.69) is 51.9 Å². The third kappa shape index (κ3) is 13.2. The zero-order valence-electron chi connectivity index (χ0n) is 30.2. The normalized spacial score (nSPS) is 12.7. The standard InChI is InChI=1S/C21H29N7O.C16H24F3NO/c1-21(2,3)17-11-15-13-28(20(29)27-18(15)26-17)16-7-5-14(6-8-16)12-24-9-4-10-25-19(22)23;1-11(20)6-5-7-12-8-13(15(2,3)4)10-14(9-12)21-16(17,18)19/h5-8,11,13,24H,4,9-10,12H2,1-3H3,(H4,22,23,25)(H,26,27,29);8-11H,5-7,20H2,1-4H3/t;11-/m.1/s1. The highest BCUT2D eigenvalue weighted by molar-refractivity contribution is 5.76. The molecular formula is C37H53F3N8O2. The molecule has 2 aromatic heterocycles. The number of nitrogens with one attached hydrogen (secondary N) is 2. The van der Waals surface area contributed by atoms with Crippen molar-refractivity contribution in [2.45, 2.75) is 104 Å². The molecule has 274 valence electrons. The quantitative estimate of drug-likeness (QED) is 0.0657. The van der Waals surface area contributed by atoms with Crippen LogP contribution in [0.1, 0.15) is 90.1 Å². The van der Waals surface area contributed by atoms with E-state index in [4.69, 9.17) is 17.2 Å². The lowest BCUT2D eigenvalue weighted by Crippen LogP contribution is -2.23. The predicted octanol–water partition coefficient (Wildman–Crippen LogP) is 6.32. The van der Waals surface area contributed by atoms with E-state index in [1.807, 2.05) is 64.2 Å². The first-order valence-corrected chi connectivity index (χ1v) is 16.9. The molecule has 2 aromatic carbocycles. The molecule has 4 rings (SSSR count). The Kier molecular flexibility index (Phi) is 13.7. The number of benzene rings is 2. The van der Waals surface area contributed by atoms with Gasteiger partial charge in [-0.05, 0) is 91.6 Å². The molecule has 0 radical (unpaired) electrons. The van der Waals surface area contributed by atoms with Crippen molar-refractivity contribution in [3.05, 3.63) is 87.6 Å². The predicted molar refractivity (Wildman–Crippen MR) is 196 cm³/mol. The second-order valence-corrected chi connectivity index (χ2v) is 14.7. The smallest absolute Gasteiger partial charge is 0.406 e. The molecule has 2 heterocycles. The van der Waals surface area contributed by atoms with E-state index in [9.17, 15) is 18.0 Å². The zero-order valence-corrected chi connectivity index (χ0v) is 30.2. The van der Waals surface area contributed by atoms with Gasteiger partial charge in [-0.15, -0.1) is 13.2 Å². The molecule has 0 aliphatic carbocycles. The summed E-state index contributed by atoms with van der Waals surface area (Å²) in [6, 6.07) is 14.9. The molecule has 0 unspecified atom stereocenters. The lowest BCUT2D eigenvalue weighted by Gasteiger charge is -2.22. The molecule has 0 spiro atoms. The van der Waals surface area contributed by atoms with Crippen LogP contribution in [-0.2, 0) is 23.8 Å². The number of hydrogen-bond acceptors (Lipinski definition) is 6. The first-order chi connectivity index (χ1) is 23.2. The van der Waals surface area contributed by atoms with Crippen LogP contribution < -0.4 is 32.9 Å². The number of rotatable bonds is 12. The van der Waals surface area contributed by atoms with E-state index < -0.39 is 6.36 Å². The Bertz CT molecular complexity index is 1760. The minimum absolute atomic E-state index is 0.0352. The van der Waals surface area contributed by atoms with Crippen LogP contribution in [0.25, 0.3) is 16.7 Å². The molecule has 8 N–H and O–H groups in total. The molecule has 0 saturated carbocycles. The number of alkyl halides is 3. The Morgan fingerprint density at radius 2 is 1.66 bits per heavy atom. The second kappa shape index (κ2) is 17.0. The SMILES string of the molecule is CC(C)(C)c1cc2cn(-c3ccc(CNCCCN=C(N)N)cc3)c(=O)nc2[nH]1.C[C@@H](N)CCCc1cc(OC(F)(F)F)cc(C(C)(C)C)c1. The molecule has 0 saturated heterocycles. The monoisotopic (exact) mass is 698 g/mol. The van der Waals surface area contributed by atoms with Gasteiger partial charge in [0.2, 0.25) is 0 Å². The number of aryl methyl sites for hydroxylation is 1. The molecule has 1 atom stereocenters. The summed E-state index contributed by atoms with van der Waals surface area (Å²) in [5.74, 6) is -0.0245. The van der Waals surface area contributed by atoms with Crippen molar-refractivity contribution in [1.29, 1.82) is 0 Å². The minimum atomic E-state index is -4.67. The van der Waals surface area contributed by atoms with E-state index in [1.165, 1.54) is 12.1 Å². The van der Waals surface area contributed by atoms with Crippen molar-refractivity contribution in [3.8, 4) is 11.4 Å². The van der Waals surface area contributed by atoms with Crippen molar-refractivity contribution in [3.63, 3.8) is 0 Å². The van der Waals surface area contributed by atoms with Gasteiger partial charge in [-0.2, -0.15) is 4.98 Å². The van der Waals surface area contributed by atoms with Gasteiger partial charge in [0, 0.05) is 41.8 Å². The van der Waals surface area contributed by atoms with Gasteiger partial charge in [-0.1, -0.05) is 59.7 Å². The number of nitrogens with two attached hydrogens (primary N) is 3. The highest BCUT2D eigenvalue weighted by Crippen LogP contribution is 2.31. The zero-order chi connectivity index (χ0) is 37.3. The van der Waals surface area contributed by atoms with Crippen LogP contribution in [0.2, 0.25) is 0 Å². The summed E-state index contributed by atoms with van der Waals surface area (Å²) in [4.78, 5) is 23.9. The molecule has 13 heteroatoms. The number of aromatic amines is 1. The highest BCUT2D eigenvalue weighted by Gasteiger charge is 2.31. The van der Waals surface area contributed by atoms with E-state index in [1.54, 1.807) is 4.57 Å². The molecule has 10 nitrogen and oxygen atoms in total. The van der Waals surface area contributed by atoms with E-state index >= 15 is 0 Å². The molecule has 4 aromatic rings. The number of ether oxygens (including phenoxy) is 1. The Morgan fingerprint density at radius 3 is 2.24 bits per heavy atom. The van der Waals surface area contributed by atoms with Crippen molar-refractivity contribution in [2.75, 3.05) is 13.1 Å². The Hall–Kier alpha value is -4.36. The number of hydrogen-bond donors (Lipinski definition) is 5. The number of aliphatic imine (C=N–C) groups is 1. The largest absolute Gasteiger partial charge is 0.573 e. The van der Waals surface area contributed by atoms with Gasteiger partial charge in [0.15, 0.2) is 5.96 Å². The van der Waals surface area contributed by atoms with Gasteiger partial charge >= 0.3 is 12.1 Å². The fraction of sp³-hybridized carbons (Fsp3) is 0.486. The number of aromatic nitrogens is 3. The van der Waals surface area contributed by atoms with E-state index in [0.29, 0.717) is 18.6 Å². The highest BCUT2D eigenvalue weighted by atomic mass is 19.4. The van der Waals surface area contributed by atoms with Gasteiger partial charge in [0.05, 0.1) is 5.69 Å². The van der Waals surface area contributed by atoms with Crippen LogP contribution in [0, 0.1) is 0 Å². The topological polar surface area (TPSA) is 162 Å². The second-order valence-electron chi connectivity index (χ2n) is 14.7. The molecular weight excluding hydrogens is 645 g/mol. The molecule has 0 aliphatic rings. The summed E-state index contributed by atoms with van der Waals surface area (Å²) in [6.45, 7) is 16.4. The number of fused-ring (bicyclic) bond motifs is 1. The maximum absolute atomic E-state index is 12.5. The maximum atomic E-state index is 12.5. The van der Waals surface area contributed by atoms with Crippen molar-refractivity contribution >= 4 is 17.0 Å². The van der Waals surface area contributed by atoms with Crippen LogP contribution in [0.4, 0.5) is 13.2 Å². The van der Waals surface area contributed by atoms with Crippen molar-refractivity contribution in [2.24, 2.45) is 22.2 Å². The van der Waals surface area contributed by atoms with Crippen molar-refractivity contribution < 1.29 is 17.9 Å². The Labute approximate surface area is 292 Å². The van der Waals surface area contributed by atoms with E-state index in [-0.39, 0.29) is 34.3 Å². The molecule has 0 aliphatic heterocycles. The minimum Gasteiger partial charge on any atom is -0.406 e. The van der Waals surface area contributed by atoms with Gasteiger partial charge in [0.1, 0.15) is 11.4 Å². The van der Waals surface area contributed by atoms with Crippen LogP contribution in [0.3, 0.4) is 0 Å². The van der Waals surface area contributed by atoms with Crippen molar-refractivity contribution in [1.82, 2.24) is 19.9 Å². The molecule has 0 bridgehead atoms. The lowest BCUT2D eigenvalue weighted by atomic mass is 9.85.